The van der Waals surface area contributed by atoms with Crippen LogP contribution in [0.3, 0.4) is 0 Å². The van der Waals surface area contributed by atoms with Crippen molar-refractivity contribution in [3.05, 3.63) is 0 Å². The normalized spacial score (nSPS) is 10.7. The summed E-state index contributed by atoms with van der Waals surface area (Å²) >= 11 is 1.73. The molecule has 0 saturated heterocycles. The highest BCUT2D eigenvalue weighted by atomic mass is 32.2. The van der Waals surface area contributed by atoms with Gasteiger partial charge in [0.25, 0.3) is 0 Å². The lowest BCUT2D eigenvalue weighted by Gasteiger charge is -2.02. The summed E-state index contributed by atoms with van der Waals surface area (Å²) in [4.78, 5) is 0. The Morgan fingerprint density at radius 3 is 1.79 bits per heavy atom. The summed E-state index contributed by atoms with van der Waals surface area (Å²) in [5.41, 5.74) is 0. The van der Waals surface area contributed by atoms with E-state index in [-0.39, 0.29) is 0 Å². The van der Waals surface area contributed by atoms with E-state index in [0.29, 0.717) is 0 Å². The lowest BCUT2D eigenvalue weighted by atomic mass is 10.1. The molecule has 0 amide bonds. The average molecular weight is 217 g/mol. The summed E-state index contributed by atoms with van der Waals surface area (Å²) in [6, 6.07) is 0. The van der Waals surface area contributed by atoms with E-state index in [9.17, 15) is 0 Å². The molecule has 0 atom stereocenters. The van der Waals surface area contributed by atoms with Crippen LogP contribution in [-0.2, 0) is 0 Å². The minimum Gasteiger partial charge on any atom is -0.264 e. The van der Waals surface area contributed by atoms with Gasteiger partial charge in [0.2, 0.25) is 0 Å². The van der Waals surface area contributed by atoms with Crippen molar-refractivity contribution in [2.45, 2.75) is 64.7 Å². The SMILES string of the molecule is CCCCCCCCCCCNSC. The van der Waals surface area contributed by atoms with E-state index in [1.54, 1.807) is 11.9 Å². The number of unbranched alkanes of at least 4 members (excludes halogenated alkanes) is 8. The van der Waals surface area contributed by atoms with Gasteiger partial charge in [-0.15, -0.1) is 0 Å². The van der Waals surface area contributed by atoms with Gasteiger partial charge in [0.15, 0.2) is 0 Å². The van der Waals surface area contributed by atoms with E-state index in [0.717, 1.165) is 0 Å². The Morgan fingerprint density at radius 1 is 0.786 bits per heavy atom. The van der Waals surface area contributed by atoms with Crippen molar-refractivity contribution in [2.75, 3.05) is 12.8 Å². The topological polar surface area (TPSA) is 12.0 Å². The van der Waals surface area contributed by atoms with Crippen LogP contribution in [0.5, 0.6) is 0 Å². The molecule has 1 nitrogen and oxygen atoms in total. The zero-order chi connectivity index (χ0) is 10.5. The lowest BCUT2D eigenvalue weighted by molar-refractivity contribution is 0.564. The van der Waals surface area contributed by atoms with Crippen LogP contribution in [-0.4, -0.2) is 12.8 Å². The average Bonchev–Trinajstić information content (AvgIpc) is 2.21. The molecule has 0 aromatic rings. The molecule has 0 unspecified atom stereocenters. The third-order valence-electron chi connectivity index (χ3n) is 2.53. The van der Waals surface area contributed by atoms with Crippen LogP contribution >= 0.6 is 11.9 Å². The fraction of sp³-hybridized carbons (Fsp3) is 1.00. The molecule has 0 aliphatic rings. The van der Waals surface area contributed by atoms with Crippen molar-refractivity contribution in [3.63, 3.8) is 0 Å². The first-order valence-electron chi connectivity index (χ1n) is 6.17. The summed E-state index contributed by atoms with van der Waals surface area (Å²) in [5, 5.41) is 0. The van der Waals surface area contributed by atoms with Crippen molar-refractivity contribution in [3.8, 4) is 0 Å². The van der Waals surface area contributed by atoms with Crippen LogP contribution in [0, 0.1) is 0 Å². The van der Waals surface area contributed by atoms with Crippen LogP contribution in [0.2, 0.25) is 0 Å². The zero-order valence-electron chi connectivity index (χ0n) is 9.98. The van der Waals surface area contributed by atoms with E-state index in [4.69, 9.17) is 0 Å². The van der Waals surface area contributed by atoms with Crippen LogP contribution in [0.4, 0.5) is 0 Å². The maximum absolute atomic E-state index is 3.28. The number of hydrogen-bond acceptors (Lipinski definition) is 2. The van der Waals surface area contributed by atoms with Crippen LogP contribution < -0.4 is 4.72 Å². The van der Waals surface area contributed by atoms with Gasteiger partial charge in [-0.1, -0.05) is 70.2 Å². The van der Waals surface area contributed by atoms with Gasteiger partial charge in [-0.05, 0) is 12.7 Å². The van der Waals surface area contributed by atoms with Crippen molar-refractivity contribution >= 4 is 11.9 Å². The molecule has 0 rings (SSSR count). The largest absolute Gasteiger partial charge is 0.264 e. The summed E-state index contributed by atoms with van der Waals surface area (Å²) in [7, 11) is 0. The van der Waals surface area contributed by atoms with Gasteiger partial charge in [0, 0.05) is 6.54 Å². The van der Waals surface area contributed by atoms with Crippen LogP contribution in [0.25, 0.3) is 0 Å². The first-order chi connectivity index (χ1) is 6.91. The molecule has 1 N–H and O–H groups in total. The van der Waals surface area contributed by atoms with Crippen molar-refractivity contribution < 1.29 is 0 Å². The fourth-order valence-corrected chi connectivity index (χ4v) is 1.96. The monoisotopic (exact) mass is 217 g/mol. The van der Waals surface area contributed by atoms with E-state index < -0.39 is 0 Å². The van der Waals surface area contributed by atoms with E-state index >= 15 is 0 Å². The molecule has 0 heterocycles. The molecule has 0 aromatic carbocycles. The molecular formula is C12H27NS. The van der Waals surface area contributed by atoms with Gasteiger partial charge in [-0.3, -0.25) is 4.72 Å². The molecular weight excluding hydrogens is 190 g/mol. The summed E-state index contributed by atoms with van der Waals surface area (Å²) in [6.07, 6.45) is 14.9. The van der Waals surface area contributed by atoms with Crippen molar-refractivity contribution in [1.29, 1.82) is 0 Å². The first kappa shape index (κ1) is 14.3. The predicted octanol–water partition coefficient (Wildman–Crippen LogP) is 4.38. The third-order valence-corrected chi connectivity index (χ3v) is 3.02. The Labute approximate surface area is 94.6 Å². The van der Waals surface area contributed by atoms with E-state index in [1.165, 1.54) is 64.3 Å². The van der Waals surface area contributed by atoms with Gasteiger partial charge in [0.05, 0.1) is 0 Å². The summed E-state index contributed by atoms with van der Waals surface area (Å²) in [5.74, 6) is 0. The number of hydrogen-bond donors (Lipinski definition) is 1. The van der Waals surface area contributed by atoms with Gasteiger partial charge < -0.3 is 0 Å². The molecule has 0 aromatic heterocycles. The smallest absolute Gasteiger partial charge is 0.00584 e. The third kappa shape index (κ3) is 12.3. The molecule has 0 aliphatic carbocycles. The quantitative estimate of drug-likeness (QED) is 0.407. The molecule has 86 valence electrons. The highest BCUT2D eigenvalue weighted by molar-refractivity contribution is 7.96. The van der Waals surface area contributed by atoms with Crippen molar-refractivity contribution in [2.24, 2.45) is 0 Å². The molecule has 0 spiro atoms. The second kappa shape index (κ2) is 13.3. The van der Waals surface area contributed by atoms with Gasteiger partial charge in [0.1, 0.15) is 0 Å². The lowest BCUT2D eigenvalue weighted by Crippen LogP contribution is -2.03. The first-order valence-corrected chi connectivity index (χ1v) is 7.40. The molecule has 0 fully saturated rings. The predicted molar refractivity (Wildman–Crippen MR) is 68.7 cm³/mol. The highest BCUT2D eigenvalue weighted by Crippen LogP contribution is 2.09. The van der Waals surface area contributed by atoms with Crippen LogP contribution in [0.1, 0.15) is 64.7 Å². The minimum absolute atomic E-state index is 1.18. The molecule has 14 heavy (non-hydrogen) atoms. The van der Waals surface area contributed by atoms with Gasteiger partial charge >= 0.3 is 0 Å². The summed E-state index contributed by atoms with van der Waals surface area (Å²) < 4.78 is 3.28. The zero-order valence-corrected chi connectivity index (χ0v) is 10.8. The van der Waals surface area contributed by atoms with Gasteiger partial charge in [-0.25, -0.2) is 0 Å². The van der Waals surface area contributed by atoms with E-state index in [2.05, 4.69) is 17.9 Å². The summed E-state index contributed by atoms with van der Waals surface area (Å²) in [6.45, 7) is 3.45. The second-order valence-electron chi connectivity index (χ2n) is 3.93. The van der Waals surface area contributed by atoms with Crippen LogP contribution in [0.15, 0.2) is 0 Å². The maximum Gasteiger partial charge on any atom is 0.00584 e. The molecule has 0 saturated carbocycles. The standard InChI is InChI=1S/C12H27NS/c1-3-4-5-6-7-8-9-10-11-12-13-14-2/h13H,3-12H2,1-2H3. The Morgan fingerprint density at radius 2 is 1.29 bits per heavy atom. The Kier molecular flexibility index (Phi) is 13.6. The molecule has 2 heteroatoms. The van der Waals surface area contributed by atoms with E-state index in [1.807, 2.05) is 0 Å². The Balaban J connectivity index is 2.78. The highest BCUT2D eigenvalue weighted by Gasteiger charge is 1.91. The number of nitrogens with one attached hydrogen (secondary N) is 1. The molecule has 0 radical (unpaired) electrons. The Hall–Kier alpha value is 0.310. The molecule has 0 bridgehead atoms. The molecule has 0 aliphatic heterocycles. The van der Waals surface area contributed by atoms with Gasteiger partial charge in [-0.2, -0.15) is 0 Å². The Bertz CT molecular complexity index is 84.3. The van der Waals surface area contributed by atoms with Crippen molar-refractivity contribution in [1.82, 2.24) is 4.72 Å². The maximum atomic E-state index is 3.28. The fourth-order valence-electron chi connectivity index (χ4n) is 1.61. The minimum atomic E-state index is 1.18. The second-order valence-corrected chi connectivity index (χ2v) is 4.62. The number of rotatable bonds is 11.